The van der Waals surface area contributed by atoms with Crippen molar-refractivity contribution in [2.75, 3.05) is 6.01 Å². The first-order valence-electron chi connectivity index (χ1n) is 23.0. The van der Waals surface area contributed by atoms with E-state index in [-0.39, 0.29) is 56.1 Å². The molecule has 364 valence electrons. The van der Waals surface area contributed by atoms with Crippen LogP contribution < -0.4 is 0 Å². The van der Waals surface area contributed by atoms with Gasteiger partial charge in [-0.2, -0.15) is 0 Å². The van der Waals surface area contributed by atoms with Gasteiger partial charge in [-0.15, -0.1) is 12.6 Å². The summed E-state index contributed by atoms with van der Waals surface area (Å²) in [4.78, 5) is 74.9. The van der Waals surface area contributed by atoms with E-state index in [1.54, 1.807) is 41.5 Å². The van der Waals surface area contributed by atoms with Gasteiger partial charge in [0.1, 0.15) is 18.3 Å². The van der Waals surface area contributed by atoms with E-state index in [1.165, 1.54) is 38.2 Å². The number of hydrogen-bond acceptors (Lipinski definition) is 11. The SMILES string of the molecule is CCC(=O)O[C@]1(C(=O)S)[C@H](C)CC2C3C[C@H](F)C4=CC(=O)C=C[C@]4(C)[C@@]3(F)[C@@H](O)C[C@@]21C.CCC(=O)O[C@]1(C(=O)SCF)[C@H](C)CC2C3C[C@H](F)C4=CC(=O)C=C[C@]4(C)[C@@]3(F)[C@@H](O)C[C@@]21C. The van der Waals surface area contributed by atoms with Crippen LogP contribution >= 0.6 is 24.4 Å². The zero-order valence-corrected chi connectivity index (χ0v) is 40.2. The molecule has 0 amide bonds. The van der Waals surface area contributed by atoms with E-state index in [1.807, 2.05) is 0 Å². The molecule has 0 heterocycles. The van der Waals surface area contributed by atoms with Crippen LogP contribution in [0.5, 0.6) is 0 Å². The van der Waals surface area contributed by atoms with Crippen LogP contribution in [-0.2, 0) is 38.2 Å². The number of thioether (sulfide) groups is 1. The van der Waals surface area contributed by atoms with E-state index >= 15 is 17.6 Å². The van der Waals surface area contributed by atoms with Crippen molar-refractivity contribution in [3.8, 4) is 0 Å². The highest BCUT2D eigenvalue weighted by Crippen LogP contribution is 2.74. The van der Waals surface area contributed by atoms with Crippen molar-refractivity contribution in [2.45, 2.75) is 154 Å². The number of thiol groups is 1. The van der Waals surface area contributed by atoms with Gasteiger partial charge in [-0.25, -0.2) is 22.0 Å². The number of carbonyl (C=O) groups excluding carboxylic acids is 6. The topological polar surface area (TPSA) is 161 Å². The second kappa shape index (κ2) is 16.8. The molecule has 0 aromatic carbocycles. The number of carbonyl (C=O) groups is 6. The molecular formula is C49H61F5O10S2. The van der Waals surface area contributed by atoms with E-state index in [4.69, 9.17) is 9.47 Å². The van der Waals surface area contributed by atoms with E-state index in [9.17, 15) is 43.4 Å². The fourth-order valence-corrected chi connectivity index (χ4v) is 16.4. The average molecular weight is 969 g/mol. The summed E-state index contributed by atoms with van der Waals surface area (Å²) in [6.07, 6.45) is 0.779. The Hall–Kier alpha value is -3.15. The number of rotatable bonds is 7. The summed E-state index contributed by atoms with van der Waals surface area (Å²) in [6, 6.07) is -1.02. The molecule has 0 aromatic rings. The molecule has 0 aliphatic heterocycles. The minimum absolute atomic E-state index is 0.0141. The Morgan fingerprint density at radius 1 is 0.697 bits per heavy atom. The number of fused-ring (bicyclic) bond motifs is 10. The Labute approximate surface area is 391 Å². The second-order valence-electron chi connectivity index (χ2n) is 21.0. The number of alkyl halides is 5. The van der Waals surface area contributed by atoms with Crippen LogP contribution in [0.15, 0.2) is 47.6 Å². The third kappa shape index (κ3) is 6.45. The van der Waals surface area contributed by atoms with Gasteiger partial charge in [0.25, 0.3) is 0 Å². The molecule has 66 heavy (non-hydrogen) atoms. The molecule has 8 rings (SSSR count). The molecule has 0 aromatic heterocycles. The molecule has 0 radical (unpaired) electrons. The predicted molar refractivity (Wildman–Crippen MR) is 237 cm³/mol. The van der Waals surface area contributed by atoms with Gasteiger partial charge in [-0.3, -0.25) is 28.8 Å². The standard InChI is InChI=1S/C25H31F3O5S.C24H30F2O5S/c1-5-20(31)33-25(21(32)34-12-26)13(2)8-15-16-10-18(27)17-9-14(29)6-7-22(17,3)24(16,28)19(30)11-23(15,25)4;1-5-19(29)31-24(20(30)32)12(2)8-14-15-10-17(25)16-9-13(27)6-7-21(16,3)23(15,26)18(28)11-22(14,24)4/h6-7,9,13,15-16,18-19,30H,5,8,10-12H2,1-4H3;6-7,9,12,14-15,17-18,28H,5,8,10-11H2,1-4H3,(H,30,32)/t13-,15?,16?,18+,19+,22+,23+,24+,25+;12-,14?,15?,17+,18+,21+,22+,23+,24+/m11/s1. The van der Waals surface area contributed by atoms with Crippen molar-refractivity contribution < 1.29 is 70.4 Å². The molecule has 17 heteroatoms. The average Bonchev–Trinajstić information content (AvgIpc) is 3.60. The normalized spacial score (nSPS) is 48.4. The zero-order valence-electron chi connectivity index (χ0n) is 38.5. The van der Waals surface area contributed by atoms with Gasteiger partial charge in [0, 0.05) is 58.2 Å². The molecule has 6 saturated carbocycles. The van der Waals surface area contributed by atoms with Gasteiger partial charge in [-0.1, -0.05) is 53.7 Å². The summed E-state index contributed by atoms with van der Waals surface area (Å²) in [5, 5.41) is 21.4. The predicted octanol–water partition coefficient (Wildman–Crippen LogP) is 8.13. The van der Waals surface area contributed by atoms with Crippen LogP contribution in [0.25, 0.3) is 0 Å². The summed E-state index contributed by atoms with van der Waals surface area (Å²) in [5.74, 6) is -6.24. The van der Waals surface area contributed by atoms with Crippen LogP contribution in [0.1, 0.15) is 107 Å². The number of aliphatic hydroxyl groups is 2. The van der Waals surface area contributed by atoms with Gasteiger partial charge in [-0.05, 0) is 111 Å². The Morgan fingerprint density at radius 2 is 1.08 bits per heavy atom. The number of esters is 2. The van der Waals surface area contributed by atoms with E-state index < -0.39 is 144 Å². The Kier molecular flexibility index (Phi) is 12.9. The zero-order chi connectivity index (χ0) is 49.1. The lowest BCUT2D eigenvalue weighted by atomic mass is 9.44. The van der Waals surface area contributed by atoms with Crippen molar-refractivity contribution >= 4 is 58.1 Å². The lowest BCUT2D eigenvalue weighted by Crippen LogP contribution is -2.70. The maximum absolute atomic E-state index is 17.2. The maximum atomic E-state index is 17.2. The Morgan fingerprint density at radius 3 is 1.45 bits per heavy atom. The molecule has 0 bridgehead atoms. The minimum Gasteiger partial charge on any atom is -0.449 e. The van der Waals surface area contributed by atoms with Gasteiger partial charge in [0.15, 0.2) is 34.1 Å². The molecule has 2 N–H and O–H groups in total. The Bertz CT molecular complexity index is 2240. The number of halogens is 5. The van der Waals surface area contributed by atoms with Crippen LogP contribution in [0.2, 0.25) is 0 Å². The third-order valence-corrected chi connectivity index (χ3v) is 19.3. The van der Waals surface area contributed by atoms with Gasteiger partial charge < -0.3 is 19.7 Å². The monoisotopic (exact) mass is 968 g/mol. The van der Waals surface area contributed by atoms with Crippen LogP contribution in [0, 0.1) is 57.2 Å². The minimum atomic E-state index is -2.30. The molecule has 0 saturated heterocycles. The van der Waals surface area contributed by atoms with Gasteiger partial charge in [0.05, 0.1) is 12.2 Å². The first-order valence-corrected chi connectivity index (χ1v) is 24.4. The number of ketones is 2. The number of hydrogen-bond donors (Lipinski definition) is 3. The van der Waals surface area contributed by atoms with Gasteiger partial charge in [0.2, 0.25) is 10.2 Å². The first-order chi connectivity index (χ1) is 30.6. The lowest BCUT2D eigenvalue weighted by molar-refractivity contribution is -0.228. The van der Waals surface area contributed by atoms with Crippen molar-refractivity contribution in [1.29, 1.82) is 0 Å². The molecule has 8 aliphatic rings. The number of aliphatic hydroxyl groups excluding tert-OH is 2. The summed E-state index contributed by atoms with van der Waals surface area (Å²) >= 11 is 4.48. The van der Waals surface area contributed by atoms with Crippen LogP contribution in [-0.4, -0.2) is 97.0 Å². The third-order valence-electron chi connectivity index (χ3n) is 18.3. The van der Waals surface area contributed by atoms with E-state index in [0.717, 1.165) is 12.2 Å². The number of ether oxygens (including phenoxy) is 2. The molecule has 0 spiro atoms. The van der Waals surface area contributed by atoms with Crippen molar-refractivity contribution in [1.82, 2.24) is 0 Å². The summed E-state index contributed by atoms with van der Waals surface area (Å²) in [6.45, 7) is 13.1. The van der Waals surface area contributed by atoms with Crippen LogP contribution in [0.3, 0.4) is 0 Å². The Balaban J connectivity index is 0.000000197. The summed E-state index contributed by atoms with van der Waals surface area (Å²) < 4.78 is 90.1. The second-order valence-corrected chi connectivity index (χ2v) is 22.2. The quantitative estimate of drug-likeness (QED) is 0.128. The highest BCUT2D eigenvalue weighted by Gasteiger charge is 2.80. The number of allylic oxidation sites excluding steroid dienone is 8. The molecule has 4 unspecified atom stereocenters. The molecule has 8 aliphatic carbocycles. The molecule has 6 fully saturated rings. The summed E-state index contributed by atoms with van der Waals surface area (Å²) in [5.41, 5.74) is -13.3. The van der Waals surface area contributed by atoms with E-state index in [2.05, 4.69) is 12.6 Å². The highest BCUT2D eigenvalue weighted by molar-refractivity contribution is 8.13. The first kappa shape index (κ1) is 50.7. The smallest absolute Gasteiger partial charge is 0.306 e. The summed E-state index contributed by atoms with van der Waals surface area (Å²) in [7, 11) is 0. The fourth-order valence-electron chi connectivity index (χ4n) is 15.1. The largest absolute Gasteiger partial charge is 0.449 e. The lowest BCUT2D eigenvalue weighted by Gasteiger charge is -2.63. The fraction of sp³-hybridized carbons (Fsp3) is 0.714. The van der Waals surface area contributed by atoms with Crippen molar-refractivity contribution in [3.63, 3.8) is 0 Å². The highest BCUT2D eigenvalue weighted by atomic mass is 32.2. The van der Waals surface area contributed by atoms with Gasteiger partial charge >= 0.3 is 11.9 Å². The van der Waals surface area contributed by atoms with Crippen LogP contribution in [0.4, 0.5) is 22.0 Å². The maximum Gasteiger partial charge on any atom is 0.306 e. The molecular weight excluding hydrogens is 908 g/mol. The molecule has 18 atom stereocenters. The van der Waals surface area contributed by atoms with E-state index in [0.29, 0.717) is 18.2 Å². The van der Waals surface area contributed by atoms with Crippen molar-refractivity contribution in [2.24, 2.45) is 57.2 Å². The van der Waals surface area contributed by atoms with Crippen molar-refractivity contribution in [3.05, 3.63) is 47.6 Å². The molecule has 10 nitrogen and oxygen atoms in total.